The zero-order chi connectivity index (χ0) is 87.6. The van der Waals surface area contributed by atoms with Crippen LogP contribution in [0.25, 0.3) is 0 Å². The quantitative estimate of drug-likeness (QED) is 0.0533. The Labute approximate surface area is 733 Å². The van der Waals surface area contributed by atoms with Gasteiger partial charge in [-0.05, 0) is 217 Å². The van der Waals surface area contributed by atoms with Crippen LogP contribution in [0.1, 0.15) is 88.7 Å². The Morgan fingerprint density at radius 2 is 0.692 bits per heavy atom. The minimum Gasteiger partial charge on any atom is -0.385 e. The lowest BCUT2D eigenvalue weighted by atomic mass is 9.95. The number of likely N-dealkylation sites (tertiary alicyclic amines) is 2. The minimum absolute atomic E-state index is 0.0650. The van der Waals surface area contributed by atoms with Gasteiger partial charge in [-0.15, -0.1) is 0 Å². The monoisotopic (exact) mass is 1950 g/mol. The number of aryl methyl sites for hydroxylation is 1. The van der Waals surface area contributed by atoms with E-state index >= 15 is 0 Å². The summed E-state index contributed by atoms with van der Waals surface area (Å²) < 4.78 is 255. The van der Waals surface area contributed by atoms with Crippen molar-refractivity contribution in [2.75, 3.05) is 104 Å². The summed E-state index contributed by atoms with van der Waals surface area (Å²) in [5.41, 5.74) is 2.07. The molecule has 666 valence electrons. The van der Waals surface area contributed by atoms with Crippen LogP contribution in [0.3, 0.4) is 0 Å². The predicted molar refractivity (Wildman–Crippen MR) is 472 cm³/mol. The third kappa shape index (κ3) is 26.4. The van der Waals surface area contributed by atoms with Crippen molar-refractivity contribution in [3.8, 4) is 0 Å². The van der Waals surface area contributed by atoms with E-state index in [1.165, 1.54) is 128 Å². The maximum absolute atomic E-state index is 13.0. The van der Waals surface area contributed by atoms with E-state index < -0.39 is 155 Å². The van der Waals surface area contributed by atoms with E-state index in [-0.39, 0.29) is 88.0 Å². The van der Waals surface area contributed by atoms with Crippen LogP contribution in [0.15, 0.2) is 170 Å². The molecule has 14 rings (SSSR count). The van der Waals surface area contributed by atoms with Crippen LogP contribution in [-0.4, -0.2) is 260 Å². The van der Waals surface area contributed by atoms with Gasteiger partial charge in [-0.25, -0.2) is 84.2 Å². The SMILES string of the molecule is CC1CCN([C@H]2CS(=O)(=O)C[C@@H]2S(=O)(=O)c2ccc(Cl)cc2)CC1.COCCCN[C@H]1CS(=O)(=O)C[C@@H]1S(=O)(=O)c1ccc(Cl)cc1.Cc1cccc(CN[C@H]2CS(=O)(=O)C[C@@H]2S(=O)(=O)c2ccc(Cl)cc2)c1.O=S1(=O)C[C@H](N2CCCCC2)[C@@H](S(=O)(=O)c2ccc(Cl)cc2)C1.O=S1(=O)C[C@H](NC2CCCCC2)[C@@H](S(=O)(=O)c2ccc(Cl)cc2)C1. The average Bonchev–Trinajstić information content (AvgIpc) is 1.66. The largest absolute Gasteiger partial charge is 0.385 e. The maximum atomic E-state index is 13.0. The highest BCUT2D eigenvalue weighted by Gasteiger charge is 2.52. The van der Waals surface area contributed by atoms with Gasteiger partial charge in [0.2, 0.25) is 0 Å². The van der Waals surface area contributed by atoms with E-state index in [4.69, 9.17) is 62.7 Å². The van der Waals surface area contributed by atoms with Crippen LogP contribution in [0.4, 0.5) is 0 Å². The molecule has 1 aliphatic carbocycles. The van der Waals surface area contributed by atoms with Gasteiger partial charge in [0.05, 0.1) is 108 Å². The van der Waals surface area contributed by atoms with E-state index in [0.29, 0.717) is 57.1 Å². The summed E-state index contributed by atoms with van der Waals surface area (Å²) in [6, 6.07) is 34.7. The zero-order valence-electron chi connectivity index (χ0n) is 66.5. The van der Waals surface area contributed by atoms with Gasteiger partial charge >= 0.3 is 0 Å². The number of nitrogens with zero attached hydrogens (tertiary/aromatic N) is 2. The first kappa shape index (κ1) is 98.2. The third-order valence-corrected chi connectivity index (χ3v) is 45.0. The standard InChI is InChI=1S/C18H20ClNO4S2.2C16H22ClNO4S2.C15H20ClNO4S2.C14H20ClNO5S2/c1-13-3-2-4-14(9-13)10-20-17-11-25(21,22)12-18(17)26(23,24)16-7-5-15(19)6-8-16;1-12-6-8-18(9-7-12)15-10-23(19,20)11-16(15)24(21,22)14-4-2-13(17)3-5-14;17-12-6-8-14(9-7-12)24(21,22)16-11-23(19,20)10-15(16)18-13-4-2-1-3-5-13;16-12-4-6-13(7-5-12)23(20,21)15-11-22(18,19)10-14(15)17-8-2-1-3-9-17;1-21-8-2-7-16-13-9-22(17,18)10-14(13)23(19,20)12-5-3-11(15)4-6-12/h2-9,17-18,20H,10-12H2,1H3;2-5,12,15-16H,6-11H2,1H3;6-9,13,15-16,18H,1-5,10-11H2;4-7,14-15H,1-3,8-11H2;3-6,13-14,16H,2,7-10H2,1H3/t17-,18-;2*15-,16-;14-,15-;13-,14-/m00000/s1. The van der Waals surface area contributed by atoms with Crippen molar-refractivity contribution in [3.63, 3.8) is 0 Å². The fraction of sp³-hybridized carbons (Fsp3) is 0.544. The first-order valence-corrected chi connectivity index (χ1v) is 58.2. The molecule has 7 heterocycles. The molecule has 8 fully saturated rings. The van der Waals surface area contributed by atoms with Gasteiger partial charge in [0.1, 0.15) is 0 Å². The van der Waals surface area contributed by atoms with Crippen LogP contribution in [-0.2, 0) is 110 Å². The molecule has 0 bridgehead atoms. The fourth-order valence-electron chi connectivity index (χ4n) is 16.5. The summed E-state index contributed by atoms with van der Waals surface area (Å²) in [6.07, 6.45) is 11.1. The highest BCUT2D eigenvalue weighted by Crippen LogP contribution is 2.37. The summed E-state index contributed by atoms with van der Waals surface area (Å²) in [6.45, 7) is 8.64. The molecule has 0 unspecified atom stereocenters. The minimum atomic E-state index is -3.79. The summed E-state index contributed by atoms with van der Waals surface area (Å²) in [5, 5.41) is 6.97. The fourth-order valence-corrected chi connectivity index (χ4v) is 40.9. The second kappa shape index (κ2) is 41.4. The zero-order valence-corrected chi connectivity index (χ0v) is 78.5. The molecule has 6 aromatic rings. The summed E-state index contributed by atoms with van der Waals surface area (Å²) in [7, 11) is -34.0. The van der Waals surface area contributed by atoms with Crippen LogP contribution in [0, 0.1) is 12.8 Å². The van der Waals surface area contributed by atoms with Crippen molar-refractivity contribution in [1.82, 2.24) is 25.8 Å². The molecule has 120 heavy (non-hydrogen) atoms. The molecule has 41 heteroatoms. The van der Waals surface area contributed by atoms with Crippen molar-refractivity contribution in [2.24, 2.45) is 5.92 Å². The lowest BCUT2D eigenvalue weighted by Gasteiger charge is -2.36. The Hall–Kier alpha value is -3.97. The normalized spacial score (nSPS) is 26.3. The molecule has 10 atom stereocenters. The number of rotatable bonds is 22. The molecule has 0 spiro atoms. The van der Waals surface area contributed by atoms with Crippen molar-refractivity contribution in [3.05, 3.63) is 182 Å². The molecule has 6 aromatic carbocycles. The Morgan fingerprint density at radius 1 is 0.375 bits per heavy atom. The second-order valence-corrected chi connectivity index (χ2v) is 55.8. The predicted octanol–water partition coefficient (Wildman–Crippen LogP) is 9.26. The van der Waals surface area contributed by atoms with Gasteiger partial charge < -0.3 is 20.7 Å². The van der Waals surface area contributed by atoms with Gasteiger partial charge in [-0.1, -0.05) is 120 Å². The van der Waals surface area contributed by atoms with E-state index in [1.54, 1.807) is 7.11 Å². The van der Waals surface area contributed by atoms with Gasteiger partial charge in [0.25, 0.3) is 0 Å². The van der Waals surface area contributed by atoms with Gasteiger partial charge in [0.15, 0.2) is 98.4 Å². The Morgan fingerprint density at radius 3 is 1.06 bits per heavy atom. The van der Waals surface area contributed by atoms with Crippen molar-refractivity contribution in [1.29, 1.82) is 0 Å². The lowest BCUT2D eigenvalue weighted by Crippen LogP contribution is -2.49. The topological polar surface area (TPSA) is 393 Å². The molecule has 0 aromatic heterocycles. The Kier molecular flexibility index (Phi) is 33.9. The summed E-state index contributed by atoms with van der Waals surface area (Å²) >= 11 is 29.1. The molecule has 1 saturated carbocycles. The van der Waals surface area contributed by atoms with Crippen LogP contribution in [0.5, 0.6) is 0 Å². The summed E-state index contributed by atoms with van der Waals surface area (Å²) in [5.74, 6) is -1.64. The van der Waals surface area contributed by atoms with Gasteiger partial charge in [0, 0.05) is 81.6 Å². The molecule has 7 aliphatic heterocycles. The van der Waals surface area contributed by atoms with Crippen molar-refractivity contribution < 1.29 is 88.9 Å². The van der Waals surface area contributed by atoms with Crippen LogP contribution < -0.4 is 16.0 Å². The molecular formula is C79H104Cl5N5O21S10. The molecular weight excluding hydrogens is 1850 g/mol. The lowest BCUT2D eigenvalue weighted by molar-refractivity contribution is 0.151. The Balaban J connectivity index is 0.000000158. The van der Waals surface area contributed by atoms with E-state index in [0.717, 1.165) is 95.1 Å². The number of hydrogen-bond acceptors (Lipinski definition) is 26. The number of piperidine rings is 2. The molecule has 0 radical (unpaired) electrons. The first-order chi connectivity index (χ1) is 56.2. The molecule has 3 N–H and O–H groups in total. The van der Waals surface area contributed by atoms with Crippen LogP contribution in [0.2, 0.25) is 25.1 Å². The average molecular weight is 1960 g/mol. The number of methoxy groups -OCH3 is 1. The summed E-state index contributed by atoms with van der Waals surface area (Å²) in [4.78, 5) is 4.70. The van der Waals surface area contributed by atoms with Gasteiger partial charge in [-0.2, -0.15) is 0 Å². The van der Waals surface area contributed by atoms with Crippen LogP contribution >= 0.6 is 58.0 Å². The molecule has 7 saturated heterocycles. The van der Waals surface area contributed by atoms with Crippen molar-refractivity contribution >= 4 is 156 Å². The van der Waals surface area contributed by atoms with E-state index in [2.05, 4.69) is 27.8 Å². The number of hydrogen-bond donors (Lipinski definition) is 3. The number of nitrogens with one attached hydrogen (secondary N) is 3. The molecule has 0 amide bonds. The van der Waals surface area contributed by atoms with Crippen molar-refractivity contribution in [2.45, 2.75) is 178 Å². The van der Waals surface area contributed by atoms with Gasteiger partial charge in [-0.3, -0.25) is 9.80 Å². The number of ether oxygens (including phenoxy) is 1. The maximum Gasteiger partial charge on any atom is 0.183 e. The van der Waals surface area contributed by atoms with E-state index in [9.17, 15) is 84.2 Å². The number of benzene rings is 6. The molecule has 26 nitrogen and oxygen atoms in total. The molecule has 8 aliphatic rings. The highest BCUT2D eigenvalue weighted by atomic mass is 35.5. The Bertz CT molecular complexity index is 5720. The first-order valence-electron chi connectivity index (χ1n) is 39.4. The smallest absolute Gasteiger partial charge is 0.183 e. The number of halogens is 5. The highest BCUT2D eigenvalue weighted by molar-refractivity contribution is 7.98. The second-order valence-electron chi connectivity index (χ2n) is 32.0. The number of sulfone groups is 10. The third-order valence-electron chi connectivity index (χ3n) is 22.9. The van der Waals surface area contributed by atoms with E-state index in [1.807, 2.05) is 36.1 Å².